The molecule has 3 rings (SSSR count). The summed E-state index contributed by atoms with van der Waals surface area (Å²) >= 11 is 0. The van der Waals surface area contributed by atoms with Gasteiger partial charge in [-0.25, -0.2) is 0 Å². The molecule has 3 nitrogen and oxygen atoms in total. The molecule has 2 aliphatic rings. The van der Waals surface area contributed by atoms with E-state index in [1.807, 2.05) is 6.07 Å². The Morgan fingerprint density at radius 1 is 0.963 bits per heavy atom. The first kappa shape index (κ1) is 20.8. The highest BCUT2D eigenvalue weighted by Crippen LogP contribution is 2.38. The van der Waals surface area contributed by atoms with Crippen molar-refractivity contribution in [2.24, 2.45) is 29.4 Å². The summed E-state index contributed by atoms with van der Waals surface area (Å²) in [6.45, 7) is 7.26. The van der Waals surface area contributed by atoms with Gasteiger partial charge in [0.15, 0.2) is 0 Å². The quantitative estimate of drug-likeness (QED) is 0.647. The molecule has 0 heterocycles. The van der Waals surface area contributed by atoms with Gasteiger partial charge in [-0.2, -0.15) is 0 Å². The van der Waals surface area contributed by atoms with Crippen LogP contribution in [-0.4, -0.2) is 25.2 Å². The fourth-order valence-electron chi connectivity index (χ4n) is 5.32. The zero-order chi connectivity index (χ0) is 19.1. The van der Waals surface area contributed by atoms with Crippen molar-refractivity contribution in [3.05, 3.63) is 35.9 Å². The van der Waals surface area contributed by atoms with Gasteiger partial charge in [0.25, 0.3) is 0 Å². The molecule has 6 atom stereocenters. The maximum Gasteiger partial charge on any atom is 0.0717 e. The lowest BCUT2D eigenvalue weighted by Gasteiger charge is -2.38. The van der Waals surface area contributed by atoms with Crippen LogP contribution in [0.1, 0.15) is 64.4 Å². The lowest BCUT2D eigenvalue weighted by molar-refractivity contribution is 0.111. The van der Waals surface area contributed by atoms with Crippen LogP contribution >= 0.6 is 0 Å². The zero-order valence-electron chi connectivity index (χ0n) is 17.4. The third kappa shape index (κ3) is 6.58. The number of hydrogen-bond acceptors (Lipinski definition) is 3. The summed E-state index contributed by atoms with van der Waals surface area (Å²) in [6, 6.07) is 11.5. The Morgan fingerprint density at radius 2 is 1.67 bits per heavy atom. The van der Waals surface area contributed by atoms with E-state index < -0.39 is 0 Å². The molecule has 152 valence electrons. The Hall–Kier alpha value is -0.900. The number of ether oxygens (including phenoxy) is 1. The molecule has 0 aromatic heterocycles. The Kier molecular flexibility index (Phi) is 8.17. The molecule has 0 bridgehead atoms. The summed E-state index contributed by atoms with van der Waals surface area (Å²) in [6.07, 6.45) is 9.49. The van der Waals surface area contributed by atoms with Crippen LogP contribution in [-0.2, 0) is 11.3 Å². The third-order valence-electron chi connectivity index (χ3n) is 7.05. The third-order valence-corrected chi connectivity index (χ3v) is 7.05. The van der Waals surface area contributed by atoms with Gasteiger partial charge in [-0.05, 0) is 74.2 Å². The van der Waals surface area contributed by atoms with Gasteiger partial charge in [-0.15, -0.1) is 0 Å². The molecule has 0 radical (unpaired) electrons. The highest BCUT2D eigenvalue weighted by atomic mass is 16.5. The van der Waals surface area contributed by atoms with E-state index in [0.29, 0.717) is 18.7 Å². The lowest BCUT2D eigenvalue weighted by Crippen LogP contribution is -2.41. The van der Waals surface area contributed by atoms with Crippen LogP contribution in [0.3, 0.4) is 0 Å². The van der Waals surface area contributed by atoms with Gasteiger partial charge in [-0.3, -0.25) is 0 Å². The summed E-state index contributed by atoms with van der Waals surface area (Å²) in [5.74, 6) is 3.35. The van der Waals surface area contributed by atoms with Crippen molar-refractivity contribution in [1.82, 2.24) is 5.32 Å². The Morgan fingerprint density at radius 3 is 2.37 bits per heavy atom. The summed E-state index contributed by atoms with van der Waals surface area (Å²) < 4.78 is 5.81. The number of hydrogen-bond donors (Lipinski definition) is 2. The van der Waals surface area contributed by atoms with Gasteiger partial charge >= 0.3 is 0 Å². The standard InChI is InChI=1S/C24H40N2O/c1-18-14-21(8-10-23(18)25)16-22-9-11-24(19(2)15-22)26-12-13-27-17-20-6-4-3-5-7-20/h3-7,18-19,21-24,26H,8-17,25H2,1-2H3. The Bertz CT molecular complexity index is 534. The van der Waals surface area contributed by atoms with Gasteiger partial charge in [0, 0.05) is 18.6 Å². The smallest absolute Gasteiger partial charge is 0.0717 e. The van der Waals surface area contributed by atoms with Crippen LogP contribution < -0.4 is 11.1 Å². The molecule has 0 aliphatic heterocycles. The molecule has 3 N–H and O–H groups in total. The maximum absolute atomic E-state index is 6.20. The predicted octanol–water partition coefficient (Wildman–Crippen LogP) is 4.75. The van der Waals surface area contributed by atoms with Crippen LogP contribution in [0.2, 0.25) is 0 Å². The Labute approximate surface area is 166 Å². The summed E-state index contributed by atoms with van der Waals surface area (Å²) in [7, 11) is 0. The molecule has 2 saturated carbocycles. The molecule has 0 spiro atoms. The minimum Gasteiger partial charge on any atom is -0.375 e. The van der Waals surface area contributed by atoms with Gasteiger partial charge in [-0.1, -0.05) is 44.2 Å². The zero-order valence-corrected chi connectivity index (χ0v) is 17.4. The van der Waals surface area contributed by atoms with Crippen molar-refractivity contribution in [1.29, 1.82) is 0 Å². The summed E-state index contributed by atoms with van der Waals surface area (Å²) in [4.78, 5) is 0. The highest BCUT2D eigenvalue weighted by Gasteiger charge is 2.31. The second-order valence-electron chi connectivity index (χ2n) is 9.31. The predicted molar refractivity (Wildman–Crippen MR) is 113 cm³/mol. The van der Waals surface area contributed by atoms with Crippen molar-refractivity contribution < 1.29 is 4.74 Å². The molecular weight excluding hydrogens is 332 g/mol. The highest BCUT2D eigenvalue weighted by molar-refractivity contribution is 5.13. The van der Waals surface area contributed by atoms with Crippen molar-refractivity contribution in [2.45, 2.75) is 77.5 Å². The van der Waals surface area contributed by atoms with Gasteiger partial charge in [0.1, 0.15) is 0 Å². The van der Waals surface area contributed by atoms with Crippen molar-refractivity contribution >= 4 is 0 Å². The molecule has 1 aromatic rings. The number of benzene rings is 1. The topological polar surface area (TPSA) is 47.3 Å². The van der Waals surface area contributed by atoms with E-state index in [-0.39, 0.29) is 0 Å². The fourth-order valence-corrected chi connectivity index (χ4v) is 5.32. The van der Waals surface area contributed by atoms with Crippen LogP contribution in [0.25, 0.3) is 0 Å². The van der Waals surface area contributed by atoms with E-state index in [1.54, 1.807) is 0 Å². The van der Waals surface area contributed by atoms with Crippen LogP contribution in [0.15, 0.2) is 30.3 Å². The molecule has 0 saturated heterocycles. The van der Waals surface area contributed by atoms with Crippen molar-refractivity contribution in [3.63, 3.8) is 0 Å². The SMILES string of the molecule is CC1CC(CC2CCC(NCCOCc3ccccc3)C(C)C2)CCC1N. The average Bonchev–Trinajstić information content (AvgIpc) is 2.67. The Balaban J connectivity index is 1.29. The second kappa shape index (κ2) is 10.6. The molecule has 27 heavy (non-hydrogen) atoms. The molecule has 6 unspecified atom stereocenters. The summed E-state index contributed by atoms with van der Waals surface area (Å²) in [5, 5.41) is 3.75. The van der Waals surface area contributed by atoms with Crippen molar-refractivity contribution in [3.8, 4) is 0 Å². The number of rotatable bonds is 8. The minimum absolute atomic E-state index is 0.448. The first-order valence-corrected chi connectivity index (χ1v) is 11.2. The number of nitrogens with two attached hydrogens (primary N) is 1. The monoisotopic (exact) mass is 372 g/mol. The molecular formula is C24H40N2O. The lowest BCUT2D eigenvalue weighted by atomic mass is 9.71. The maximum atomic E-state index is 6.20. The average molecular weight is 373 g/mol. The molecule has 0 amide bonds. The van der Waals surface area contributed by atoms with E-state index in [0.717, 1.165) is 36.8 Å². The molecule has 1 aromatic carbocycles. The van der Waals surface area contributed by atoms with E-state index in [2.05, 4.69) is 43.4 Å². The molecule has 2 aliphatic carbocycles. The first-order valence-electron chi connectivity index (χ1n) is 11.2. The number of nitrogens with one attached hydrogen (secondary N) is 1. The summed E-state index contributed by atoms with van der Waals surface area (Å²) in [5.41, 5.74) is 7.45. The van der Waals surface area contributed by atoms with Crippen molar-refractivity contribution in [2.75, 3.05) is 13.2 Å². The largest absolute Gasteiger partial charge is 0.375 e. The normalized spacial score (nSPS) is 34.5. The minimum atomic E-state index is 0.448. The first-order chi connectivity index (χ1) is 13.1. The fraction of sp³-hybridized carbons (Fsp3) is 0.750. The van der Waals surface area contributed by atoms with E-state index in [4.69, 9.17) is 10.5 Å². The van der Waals surface area contributed by atoms with E-state index in [9.17, 15) is 0 Å². The van der Waals surface area contributed by atoms with Gasteiger partial charge in [0.05, 0.1) is 13.2 Å². The van der Waals surface area contributed by atoms with Crippen LogP contribution in [0, 0.1) is 23.7 Å². The molecule has 2 fully saturated rings. The van der Waals surface area contributed by atoms with Gasteiger partial charge in [0.2, 0.25) is 0 Å². The van der Waals surface area contributed by atoms with E-state index >= 15 is 0 Å². The second-order valence-corrected chi connectivity index (χ2v) is 9.31. The van der Waals surface area contributed by atoms with E-state index in [1.165, 1.54) is 50.5 Å². The van der Waals surface area contributed by atoms with Gasteiger partial charge < -0.3 is 15.8 Å². The van der Waals surface area contributed by atoms with Crippen LogP contribution in [0.4, 0.5) is 0 Å². The van der Waals surface area contributed by atoms with Crippen LogP contribution in [0.5, 0.6) is 0 Å². The molecule has 3 heteroatoms.